The summed E-state index contributed by atoms with van der Waals surface area (Å²) < 4.78 is 0.996. The summed E-state index contributed by atoms with van der Waals surface area (Å²) >= 11 is 5.05. The van der Waals surface area contributed by atoms with E-state index in [-0.39, 0.29) is 0 Å². The molecule has 1 aromatic rings. The summed E-state index contributed by atoms with van der Waals surface area (Å²) in [7, 11) is 0. The molecule has 0 aliphatic carbocycles. The molecule has 0 unspecified atom stereocenters. The lowest BCUT2D eigenvalue weighted by Gasteiger charge is -2.02. The lowest BCUT2D eigenvalue weighted by molar-refractivity contribution is 0.756. The highest BCUT2D eigenvalue weighted by Gasteiger charge is 1.97. The molecule has 0 saturated heterocycles. The van der Waals surface area contributed by atoms with Crippen LogP contribution in [0.25, 0.3) is 0 Å². The molecule has 0 aromatic carbocycles. The maximum atomic E-state index is 3.75. The second kappa shape index (κ2) is 4.80. The van der Waals surface area contributed by atoms with Crippen molar-refractivity contribution in [3.8, 4) is 0 Å². The molecule has 0 spiro atoms. The average molecular weight is 246 g/mol. The molecule has 66 valence electrons. The first-order chi connectivity index (χ1) is 5.70. The molecule has 1 nitrogen and oxygen atoms in total. The van der Waals surface area contributed by atoms with Crippen LogP contribution in [0, 0.1) is 6.92 Å². The van der Waals surface area contributed by atoms with Crippen molar-refractivity contribution in [3.05, 3.63) is 32.9 Å². The lowest BCUT2D eigenvalue weighted by Crippen LogP contribution is -2.14. The van der Waals surface area contributed by atoms with E-state index in [0.29, 0.717) is 0 Å². The van der Waals surface area contributed by atoms with Gasteiger partial charge in [0.25, 0.3) is 0 Å². The Morgan fingerprint density at radius 2 is 2.42 bits per heavy atom. The zero-order valence-corrected chi connectivity index (χ0v) is 9.46. The number of rotatable bonds is 4. The van der Waals surface area contributed by atoms with Crippen molar-refractivity contribution in [1.82, 2.24) is 5.32 Å². The normalized spacial score (nSPS) is 10.2. The van der Waals surface area contributed by atoms with Crippen molar-refractivity contribution >= 4 is 27.3 Å². The van der Waals surface area contributed by atoms with Gasteiger partial charge >= 0.3 is 0 Å². The van der Waals surface area contributed by atoms with E-state index >= 15 is 0 Å². The molecular formula is C9H12BrNS. The molecule has 1 rings (SSSR count). The van der Waals surface area contributed by atoms with Crippen LogP contribution in [-0.2, 0) is 6.54 Å². The van der Waals surface area contributed by atoms with Crippen LogP contribution >= 0.6 is 27.3 Å². The Balaban J connectivity index is 2.33. The van der Waals surface area contributed by atoms with Crippen LogP contribution in [0.1, 0.15) is 11.1 Å². The zero-order chi connectivity index (χ0) is 8.97. The summed E-state index contributed by atoms with van der Waals surface area (Å²) in [4.78, 5) is 0. The molecule has 0 aliphatic heterocycles. The first-order valence-corrected chi connectivity index (χ1v) is 5.49. The minimum absolute atomic E-state index is 0.829. The van der Waals surface area contributed by atoms with Crippen LogP contribution in [0.5, 0.6) is 0 Å². The summed E-state index contributed by atoms with van der Waals surface area (Å²) in [6, 6.07) is 0. The van der Waals surface area contributed by atoms with Crippen LogP contribution < -0.4 is 5.32 Å². The topological polar surface area (TPSA) is 12.0 Å². The fourth-order valence-corrected chi connectivity index (χ4v) is 1.96. The molecule has 12 heavy (non-hydrogen) atoms. The van der Waals surface area contributed by atoms with E-state index in [1.807, 2.05) is 0 Å². The molecule has 0 saturated carbocycles. The van der Waals surface area contributed by atoms with Crippen LogP contribution in [0.3, 0.4) is 0 Å². The average Bonchev–Trinajstić information content (AvgIpc) is 2.36. The largest absolute Gasteiger partial charge is 0.308 e. The van der Waals surface area contributed by atoms with E-state index in [4.69, 9.17) is 0 Å². The highest BCUT2D eigenvalue weighted by molar-refractivity contribution is 9.11. The van der Waals surface area contributed by atoms with E-state index in [1.165, 1.54) is 11.1 Å². The summed E-state index contributed by atoms with van der Waals surface area (Å²) in [5.74, 6) is 0. The fourth-order valence-electron chi connectivity index (χ4n) is 0.901. The van der Waals surface area contributed by atoms with Gasteiger partial charge in [-0.1, -0.05) is 22.5 Å². The number of hydrogen-bond donors (Lipinski definition) is 1. The van der Waals surface area contributed by atoms with Crippen molar-refractivity contribution in [2.75, 3.05) is 6.54 Å². The van der Waals surface area contributed by atoms with E-state index in [2.05, 4.69) is 45.5 Å². The molecule has 0 atom stereocenters. The van der Waals surface area contributed by atoms with Crippen molar-refractivity contribution in [2.45, 2.75) is 13.5 Å². The second-order valence-electron chi connectivity index (χ2n) is 2.70. The highest BCUT2D eigenvalue weighted by atomic mass is 79.9. The Kier molecular flexibility index (Phi) is 3.98. The Morgan fingerprint density at radius 1 is 1.67 bits per heavy atom. The van der Waals surface area contributed by atoms with Gasteiger partial charge in [0.2, 0.25) is 0 Å². The molecule has 0 bridgehead atoms. The van der Waals surface area contributed by atoms with E-state index in [0.717, 1.165) is 17.6 Å². The second-order valence-corrected chi connectivity index (χ2v) is 4.57. The smallest absolute Gasteiger partial charge is 0.0268 e. The first-order valence-electron chi connectivity index (χ1n) is 3.76. The van der Waals surface area contributed by atoms with E-state index in [1.54, 1.807) is 11.3 Å². The van der Waals surface area contributed by atoms with Crippen LogP contribution in [-0.4, -0.2) is 6.54 Å². The van der Waals surface area contributed by atoms with Crippen LogP contribution in [0.2, 0.25) is 0 Å². The highest BCUT2D eigenvalue weighted by Crippen LogP contribution is 2.13. The minimum Gasteiger partial charge on any atom is -0.308 e. The maximum Gasteiger partial charge on any atom is 0.0268 e. The number of nitrogens with one attached hydrogen (secondary N) is 1. The summed E-state index contributed by atoms with van der Waals surface area (Å²) in [5, 5.41) is 7.63. The molecule has 0 amide bonds. The SMILES string of the molecule is C=C(Br)CNCc1cscc1C. The summed E-state index contributed by atoms with van der Waals surface area (Å²) in [6.07, 6.45) is 0. The maximum absolute atomic E-state index is 3.75. The van der Waals surface area contributed by atoms with Gasteiger partial charge in [-0.2, -0.15) is 11.3 Å². The molecule has 1 aromatic heterocycles. The third-order valence-electron chi connectivity index (χ3n) is 1.59. The predicted octanol–water partition coefficient (Wildman–Crippen LogP) is 3.05. The van der Waals surface area contributed by atoms with E-state index < -0.39 is 0 Å². The number of halogens is 1. The van der Waals surface area contributed by atoms with Crippen molar-refractivity contribution < 1.29 is 0 Å². The van der Waals surface area contributed by atoms with Gasteiger partial charge in [-0.05, 0) is 28.8 Å². The molecule has 3 heteroatoms. The van der Waals surface area contributed by atoms with Gasteiger partial charge in [-0.3, -0.25) is 0 Å². The number of hydrogen-bond acceptors (Lipinski definition) is 2. The Hall–Kier alpha value is -0.120. The predicted molar refractivity (Wildman–Crippen MR) is 58.8 cm³/mol. The van der Waals surface area contributed by atoms with Crippen molar-refractivity contribution in [3.63, 3.8) is 0 Å². The minimum atomic E-state index is 0.829. The zero-order valence-electron chi connectivity index (χ0n) is 7.06. The summed E-state index contributed by atoms with van der Waals surface area (Å²) in [5.41, 5.74) is 2.75. The first kappa shape index (κ1) is 9.96. The van der Waals surface area contributed by atoms with Crippen molar-refractivity contribution in [2.24, 2.45) is 0 Å². The van der Waals surface area contributed by atoms with Gasteiger partial charge in [0.15, 0.2) is 0 Å². The molecule has 1 heterocycles. The van der Waals surface area contributed by atoms with Gasteiger partial charge in [0, 0.05) is 17.6 Å². The van der Waals surface area contributed by atoms with Gasteiger partial charge in [-0.15, -0.1) is 0 Å². The Labute approximate surface area is 85.6 Å². The third kappa shape index (κ3) is 3.09. The van der Waals surface area contributed by atoms with Crippen molar-refractivity contribution in [1.29, 1.82) is 0 Å². The fraction of sp³-hybridized carbons (Fsp3) is 0.333. The number of thiophene rings is 1. The lowest BCUT2D eigenvalue weighted by atomic mass is 10.2. The van der Waals surface area contributed by atoms with Gasteiger partial charge in [0.1, 0.15) is 0 Å². The Morgan fingerprint density at radius 3 is 2.92 bits per heavy atom. The molecule has 0 aliphatic rings. The molecular weight excluding hydrogens is 234 g/mol. The molecule has 1 N–H and O–H groups in total. The van der Waals surface area contributed by atoms with Crippen LogP contribution in [0.4, 0.5) is 0 Å². The van der Waals surface area contributed by atoms with Gasteiger partial charge < -0.3 is 5.32 Å². The quantitative estimate of drug-likeness (QED) is 0.860. The third-order valence-corrected chi connectivity index (χ3v) is 2.78. The molecule has 0 radical (unpaired) electrons. The number of aryl methyl sites for hydroxylation is 1. The van der Waals surface area contributed by atoms with Crippen LogP contribution in [0.15, 0.2) is 21.8 Å². The monoisotopic (exact) mass is 245 g/mol. The molecule has 0 fully saturated rings. The summed E-state index contributed by atoms with van der Waals surface area (Å²) in [6.45, 7) is 7.65. The Bertz CT molecular complexity index is 267. The standard InChI is InChI=1S/C9H12BrNS/c1-7-5-12-6-9(7)4-11-3-8(2)10/h5-6,11H,2-4H2,1H3. The van der Waals surface area contributed by atoms with Gasteiger partial charge in [-0.25, -0.2) is 0 Å². The van der Waals surface area contributed by atoms with E-state index in [9.17, 15) is 0 Å². The van der Waals surface area contributed by atoms with Gasteiger partial charge in [0.05, 0.1) is 0 Å².